The van der Waals surface area contributed by atoms with Crippen LogP contribution in [0.1, 0.15) is 37.5 Å². The molecule has 2 fully saturated rings. The number of rotatable bonds is 5. The lowest BCUT2D eigenvalue weighted by Crippen LogP contribution is -2.33. The summed E-state index contributed by atoms with van der Waals surface area (Å²) >= 11 is 0. The second kappa shape index (κ2) is 10.1. The zero-order chi connectivity index (χ0) is 22.9. The van der Waals surface area contributed by atoms with Crippen LogP contribution in [-0.2, 0) is 0 Å². The van der Waals surface area contributed by atoms with E-state index in [4.69, 9.17) is 19.2 Å². The van der Waals surface area contributed by atoms with Crippen LogP contribution in [-0.4, -0.2) is 53.4 Å². The molecule has 0 radical (unpaired) electrons. The van der Waals surface area contributed by atoms with Gasteiger partial charge in [0.15, 0.2) is 0 Å². The lowest BCUT2D eigenvalue weighted by atomic mass is 9.96. The van der Waals surface area contributed by atoms with E-state index >= 15 is 0 Å². The second-order valence-corrected chi connectivity index (χ2v) is 9.02. The number of para-hydroxylation sites is 1. The van der Waals surface area contributed by atoms with Gasteiger partial charge in [-0.1, -0.05) is 17.3 Å². The number of hydrogen-bond acceptors (Lipinski definition) is 8. The third-order valence-corrected chi connectivity index (χ3v) is 6.93. The van der Waals surface area contributed by atoms with Crippen molar-refractivity contribution < 1.29 is 9.26 Å². The van der Waals surface area contributed by atoms with Crippen LogP contribution in [0.4, 0.5) is 11.6 Å². The highest BCUT2D eigenvalue weighted by Crippen LogP contribution is 2.32. The van der Waals surface area contributed by atoms with Crippen molar-refractivity contribution in [2.24, 2.45) is 0 Å². The summed E-state index contributed by atoms with van der Waals surface area (Å²) in [6.07, 6.45) is 6.21. The number of piperidine rings is 1. The molecule has 1 aromatic carbocycles. The fourth-order valence-corrected chi connectivity index (χ4v) is 4.98. The molecule has 6 rings (SSSR count). The summed E-state index contributed by atoms with van der Waals surface area (Å²) in [5.41, 5.74) is 1.79. The first-order valence-electron chi connectivity index (χ1n) is 12.0. The molecular weight excluding hydrogens is 464 g/mol. The molecule has 8 nitrogen and oxygen atoms in total. The molecule has 0 unspecified atom stereocenters. The van der Waals surface area contributed by atoms with Gasteiger partial charge in [-0.2, -0.15) is 4.98 Å². The molecule has 0 spiro atoms. The molecule has 2 saturated heterocycles. The molecule has 2 aliphatic heterocycles. The summed E-state index contributed by atoms with van der Waals surface area (Å²) in [5, 5.41) is 5.32. The lowest BCUT2D eigenvalue weighted by molar-refractivity contribution is 0.329. The number of anilines is 2. The number of hydrogen-bond donors (Lipinski definition) is 0. The highest BCUT2D eigenvalue weighted by Gasteiger charge is 2.26. The van der Waals surface area contributed by atoms with Gasteiger partial charge in [0.05, 0.1) is 7.11 Å². The van der Waals surface area contributed by atoms with Gasteiger partial charge in [0.25, 0.3) is 0 Å². The Bertz CT molecular complexity index is 1280. The smallest absolute Gasteiger partial charge is 0.230 e. The summed E-state index contributed by atoms with van der Waals surface area (Å²) < 4.78 is 11.2. The fraction of sp³-hybridized carbons (Fsp3) is 0.385. The lowest BCUT2D eigenvalue weighted by Gasteiger charge is -2.31. The van der Waals surface area contributed by atoms with E-state index in [-0.39, 0.29) is 18.3 Å². The van der Waals surface area contributed by atoms with Gasteiger partial charge in [-0.05, 0) is 56.0 Å². The van der Waals surface area contributed by atoms with E-state index in [1.165, 1.54) is 12.8 Å². The van der Waals surface area contributed by atoms with Crippen molar-refractivity contribution in [3.63, 3.8) is 0 Å². The number of ether oxygens (including phenoxy) is 1. The highest BCUT2D eigenvalue weighted by atomic mass is 35.5. The Kier molecular flexibility index (Phi) is 6.72. The normalized spacial score (nSPS) is 16.5. The molecule has 5 heterocycles. The Morgan fingerprint density at radius 2 is 1.66 bits per heavy atom. The Labute approximate surface area is 210 Å². The van der Waals surface area contributed by atoms with Gasteiger partial charge >= 0.3 is 0 Å². The molecule has 182 valence electrons. The summed E-state index contributed by atoms with van der Waals surface area (Å²) in [5.74, 6) is 4.38. The topological polar surface area (TPSA) is 80.4 Å². The molecule has 3 aromatic heterocycles. The quantitative estimate of drug-likeness (QED) is 0.381. The van der Waals surface area contributed by atoms with Crippen molar-refractivity contribution in [2.45, 2.75) is 31.6 Å². The Morgan fingerprint density at radius 1 is 0.886 bits per heavy atom. The van der Waals surface area contributed by atoms with Crippen molar-refractivity contribution in [1.82, 2.24) is 20.1 Å². The van der Waals surface area contributed by atoms with Gasteiger partial charge < -0.3 is 19.1 Å². The summed E-state index contributed by atoms with van der Waals surface area (Å²) in [4.78, 5) is 18.9. The second-order valence-electron chi connectivity index (χ2n) is 9.02. The maximum absolute atomic E-state index is 5.67. The summed E-state index contributed by atoms with van der Waals surface area (Å²) in [6, 6.07) is 14.3. The van der Waals surface area contributed by atoms with Gasteiger partial charge in [0.1, 0.15) is 22.9 Å². The van der Waals surface area contributed by atoms with Crippen molar-refractivity contribution in [3.8, 4) is 17.1 Å². The molecule has 0 saturated carbocycles. The van der Waals surface area contributed by atoms with Gasteiger partial charge in [-0.25, -0.2) is 9.97 Å². The highest BCUT2D eigenvalue weighted by molar-refractivity contribution is 5.86. The number of fused-ring (bicyclic) bond motifs is 1. The molecule has 0 bridgehead atoms. The van der Waals surface area contributed by atoms with Crippen LogP contribution in [0.5, 0.6) is 5.75 Å². The van der Waals surface area contributed by atoms with Gasteiger partial charge in [-0.3, -0.25) is 0 Å². The molecule has 4 aromatic rings. The minimum absolute atomic E-state index is 0. The standard InChI is InChI=1S/C26H28N6O2.ClH/c1-33-21-6-4-5-18-7-10-23(28-24(18)21)32-15-11-19(12-16-32)26-29-25(30-34-26)20-8-9-22(27-17-20)31-13-2-3-14-31;/h4-10,17,19H,2-3,11-16H2,1H3;1H. The average molecular weight is 493 g/mol. The summed E-state index contributed by atoms with van der Waals surface area (Å²) in [6.45, 7) is 3.95. The van der Waals surface area contributed by atoms with E-state index in [0.717, 1.165) is 72.9 Å². The van der Waals surface area contributed by atoms with Gasteiger partial charge in [0.2, 0.25) is 11.7 Å². The van der Waals surface area contributed by atoms with Crippen molar-refractivity contribution in [2.75, 3.05) is 43.1 Å². The maximum atomic E-state index is 5.67. The monoisotopic (exact) mass is 492 g/mol. The van der Waals surface area contributed by atoms with E-state index in [1.807, 2.05) is 24.4 Å². The van der Waals surface area contributed by atoms with Crippen LogP contribution in [0.25, 0.3) is 22.3 Å². The zero-order valence-electron chi connectivity index (χ0n) is 19.8. The first kappa shape index (κ1) is 23.4. The Hall–Kier alpha value is -3.39. The van der Waals surface area contributed by atoms with Gasteiger partial charge in [-0.15, -0.1) is 12.4 Å². The average Bonchev–Trinajstić information content (AvgIpc) is 3.61. The number of pyridine rings is 2. The minimum atomic E-state index is 0. The molecule has 9 heteroatoms. The Morgan fingerprint density at radius 3 is 2.40 bits per heavy atom. The zero-order valence-corrected chi connectivity index (χ0v) is 20.6. The van der Waals surface area contributed by atoms with E-state index < -0.39 is 0 Å². The largest absolute Gasteiger partial charge is 0.494 e. The van der Waals surface area contributed by atoms with Gasteiger partial charge in [0, 0.05) is 49.2 Å². The number of nitrogens with zero attached hydrogens (tertiary/aromatic N) is 6. The van der Waals surface area contributed by atoms with Crippen LogP contribution in [0, 0.1) is 0 Å². The third kappa shape index (κ3) is 4.62. The van der Waals surface area contributed by atoms with E-state index in [0.29, 0.717) is 11.7 Å². The van der Waals surface area contributed by atoms with Crippen molar-refractivity contribution >= 4 is 34.9 Å². The number of benzene rings is 1. The van der Waals surface area contributed by atoms with Crippen LogP contribution in [0.15, 0.2) is 53.2 Å². The van der Waals surface area contributed by atoms with Crippen molar-refractivity contribution in [1.29, 1.82) is 0 Å². The van der Waals surface area contributed by atoms with Crippen molar-refractivity contribution in [3.05, 3.63) is 54.6 Å². The molecule has 0 N–H and O–H groups in total. The van der Waals surface area contributed by atoms with E-state index in [1.54, 1.807) is 7.11 Å². The maximum Gasteiger partial charge on any atom is 0.230 e. The van der Waals surface area contributed by atoms with Crippen LogP contribution >= 0.6 is 12.4 Å². The molecule has 35 heavy (non-hydrogen) atoms. The minimum Gasteiger partial charge on any atom is -0.494 e. The molecule has 0 aliphatic carbocycles. The number of halogens is 1. The molecule has 2 aliphatic rings. The summed E-state index contributed by atoms with van der Waals surface area (Å²) in [7, 11) is 1.69. The number of methoxy groups -OCH3 is 1. The predicted molar refractivity (Wildman–Crippen MR) is 139 cm³/mol. The first-order chi connectivity index (χ1) is 16.8. The predicted octanol–water partition coefficient (Wildman–Crippen LogP) is 5.09. The van der Waals surface area contributed by atoms with E-state index in [9.17, 15) is 0 Å². The number of aromatic nitrogens is 4. The Balaban J connectivity index is 0.00000253. The molecule has 0 amide bonds. The van der Waals surface area contributed by atoms with E-state index in [2.05, 4.69) is 44.2 Å². The van der Waals surface area contributed by atoms with Crippen LogP contribution < -0.4 is 14.5 Å². The fourth-order valence-electron chi connectivity index (χ4n) is 4.98. The van der Waals surface area contributed by atoms with Crippen LogP contribution in [0.2, 0.25) is 0 Å². The van der Waals surface area contributed by atoms with Crippen LogP contribution in [0.3, 0.4) is 0 Å². The first-order valence-corrected chi connectivity index (χ1v) is 12.0. The third-order valence-electron chi connectivity index (χ3n) is 6.93. The molecule has 0 atom stereocenters. The SMILES string of the molecule is COc1cccc2ccc(N3CCC(c4nc(-c5ccc(N6CCCC6)nc5)no4)CC3)nc12.Cl. The molecular formula is C26H29ClN6O2.